The van der Waals surface area contributed by atoms with Gasteiger partial charge in [0.1, 0.15) is 46.8 Å². The highest BCUT2D eigenvalue weighted by atomic mass is 19.1. The molecule has 2 aromatic carbocycles. The zero-order valence-corrected chi connectivity index (χ0v) is 25.0. The number of para-hydroxylation sites is 1. The van der Waals surface area contributed by atoms with Crippen molar-refractivity contribution in [1.82, 2.24) is 30.0 Å². The molecule has 0 radical (unpaired) electrons. The number of hydrogen-bond acceptors (Lipinski definition) is 9. The van der Waals surface area contributed by atoms with Gasteiger partial charge < -0.3 is 25.4 Å². The van der Waals surface area contributed by atoms with E-state index >= 15 is 4.39 Å². The maximum Gasteiger partial charge on any atom is 0.264 e. The molecule has 228 valence electrons. The number of carbonyl (C=O) groups is 1. The molecule has 2 aromatic heterocycles. The fourth-order valence-electron chi connectivity index (χ4n) is 5.40. The summed E-state index contributed by atoms with van der Waals surface area (Å²) in [6, 6.07) is 15.5. The minimum absolute atomic E-state index is 0.0595. The van der Waals surface area contributed by atoms with Crippen LogP contribution in [0.5, 0.6) is 11.5 Å². The van der Waals surface area contributed by atoms with Gasteiger partial charge in [-0.3, -0.25) is 4.79 Å². The fraction of sp³-hybridized carbons (Fsp3) is 0.344. The summed E-state index contributed by atoms with van der Waals surface area (Å²) in [5.74, 6) is 0.198. The highest BCUT2D eigenvalue weighted by Gasteiger charge is 2.33. The molecule has 12 heteroatoms. The lowest BCUT2D eigenvalue weighted by atomic mass is 10.0. The Hall–Kier alpha value is -4.86. The van der Waals surface area contributed by atoms with E-state index in [1.54, 1.807) is 47.0 Å². The second kappa shape index (κ2) is 13.2. The number of likely N-dealkylation sites (tertiary alicyclic amines) is 1. The van der Waals surface area contributed by atoms with E-state index in [0.29, 0.717) is 54.3 Å². The summed E-state index contributed by atoms with van der Waals surface area (Å²) in [6.07, 6.45) is 4.46. The van der Waals surface area contributed by atoms with Gasteiger partial charge in [-0.05, 0) is 57.0 Å². The molecule has 1 fully saturated rings. The quantitative estimate of drug-likeness (QED) is 0.145. The maximum absolute atomic E-state index is 15.5. The Kier molecular flexibility index (Phi) is 9.18. The molecule has 3 heterocycles. The van der Waals surface area contributed by atoms with Gasteiger partial charge in [0, 0.05) is 37.4 Å². The maximum atomic E-state index is 15.5. The van der Waals surface area contributed by atoms with Gasteiger partial charge in [0.25, 0.3) is 5.91 Å². The first-order chi connectivity index (χ1) is 21.2. The van der Waals surface area contributed by atoms with Crippen LogP contribution in [0.3, 0.4) is 0 Å². The Labute approximate surface area is 255 Å². The first kappa shape index (κ1) is 30.6. The largest absolute Gasteiger partial charge is 0.457 e. The van der Waals surface area contributed by atoms with Crippen LogP contribution in [0.2, 0.25) is 0 Å². The van der Waals surface area contributed by atoms with Gasteiger partial charge in [-0.15, -0.1) is 0 Å². The fourth-order valence-corrected chi connectivity index (χ4v) is 5.40. The second-order valence-corrected chi connectivity index (χ2v) is 11.2. The number of rotatable bonds is 11. The number of fused-ring (bicyclic) bond motifs is 1. The summed E-state index contributed by atoms with van der Waals surface area (Å²) >= 11 is 0. The van der Waals surface area contributed by atoms with Crippen LogP contribution in [0.15, 0.2) is 66.5 Å². The molecule has 1 aliphatic rings. The molecule has 1 aliphatic heterocycles. The van der Waals surface area contributed by atoms with E-state index in [4.69, 9.17) is 20.3 Å². The lowest BCUT2D eigenvalue weighted by Crippen LogP contribution is -2.42. The predicted molar refractivity (Wildman–Crippen MR) is 164 cm³/mol. The number of anilines is 1. The van der Waals surface area contributed by atoms with E-state index in [0.717, 1.165) is 6.42 Å². The third-order valence-electron chi connectivity index (χ3n) is 7.50. The molecule has 5 rings (SSSR count). The molecule has 0 bridgehead atoms. The summed E-state index contributed by atoms with van der Waals surface area (Å²) in [6.45, 7) is 5.66. The van der Waals surface area contributed by atoms with E-state index in [-0.39, 0.29) is 35.4 Å². The highest BCUT2D eigenvalue weighted by molar-refractivity contribution is 5.99. The average molecular weight is 599 g/mol. The van der Waals surface area contributed by atoms with Crippen molar-refractivity contribution in [1.29, 1.82) is 5.26 Å². The predicted octanol–water partition coefficient (Wildman–Crippen LogP) is 4.46. The minimum atomic E-state index is -0.595. The van der Waals surface area contributed by atoms with Crippen LogP contribution < -0.4 is 15.8 Å². The van der Waals surface area contributed by atoms with Crippen LogP contribution >= 0.6 is 0 Å². The number of ether oxygens (including phenoxy) is 2. The second-order valence-electron chi connectivity index (χ2n) is 11.2. The monoisotopic (exact) mass is 598 g/mol. The average Bonchev–Trinajstić information content (AvgIpc) is 3.62. The minimum Gasteiger partial charge on any atom is -0.457 e. The van der Waals surface area contributed by atoms with Gasteiger partial charge in [-0.2, -0.15) is 10.4 Å². The van der Waals surface area contributed by atoms with Crippen LogP contribution in [0, 0.1) is 17.1 Å². The summed E-state index contributed by atoms with van der Waals surface area (Å²) in [5, 5.41) is 18.3. The van der Waals surface area contributed by atoms with Crippen LogP contribution in [0.25, 0.3) is 22.3 Å². The molecule has 0 aliphatic carbocycles. The molecule has 3 N–H and O–H groups in total. The number of nitrogens with two attached hydrogens (primary N) is 1. The van der Waals surface area contributed by atoms with Crippen LogP contribution in [-0.2, 0) is 16.1 Å². The van der Waals surface area contributed by atoms with Crippen molar-refractivity contribution < 1.29 is 18.7 Å². The molecule has 11 nitrogen and oxygen atoms in total. The number of benzene rings is 2. The molecule has 0 spiro atoms. The van der Waals surface area contributed by atoms with E-state index in [1.165, 1.54) is 12.4 Å². The van der Waals surface area contributed by atoms with Crippen molar-refractivity contribution in [3.8, 4) is 28.8 Å². The Bertz CT molecular complexity index is 1710. The number of nitrogens with zero attached hydrogens (tertiary/aromatic N) is 6. The number of amides is 1. The third kappa shape index (κ3) is 6.69. The lowest BCUT2D eigenvalue weighted by Gasteiger charge is -2.27. The van der Waals surface area contributed by atoms with E-state index in [9.17, 15) is 10.1 Å². The van der Waals surface area contributed by atoms with Gasteiger partial charge in [0.05, 0.1) is 24.6 Å². The van der Waals surface area contributed by atoms with E-state index in [1.807, 2.05) is 32.0 Å². The van der Waals surface area contributed by atoms with Crippen molar-refractivity contribution in [2.24, 2.45) is 0 Å². The smallest absolute Gasteiger partial charge is 0.264 e. The topological polar surface area (TPSA) is 144 Å². The zero-order chi connectivity index (χ0) is 31.3. The SMILES string of the molecule is COCCNC(C)(C)/C=C(/C#N)C(=O)N1CCC[C@H]1Cn1nc(-c2ccc(Oc3ccccc3)cc2F)c2c(N)ncnc21. The van der Waals surface area contributed by atoms with Crippen molar-refractivity contribution in [3.63, 3.8) is 0 Å². The van der Waals surface area contributed by atoms with Gasteiger partial charge in [-0.1, -0.05) is 18.2 Å². The van der Waals surface area contributed by atoms with Gasteiger partial charge >= 0.3 is 0 Å². The van der Waals surface area contributed by atoms with Crippen molar-refractivity contribution >= 4 is 22.8 Å². The standard InChI is InChI=1S/C32H35FN8O3/c1-32(2,38-13-15-43-3)17-21(18-34)31(42)40-14-7-8-22(40)19-41-30-27(29(35)36-20-37-30)28(39-41)25-12-11-24(16-26(25)33)44-23-9-5-4-6-10-23/h4-6,9-12,16-17,20,22,38H,7-8,13-15,19H2,1-3H3,(H2,35,36,37)/b21-17-/t22-/m0/s1. The van der Waals surface area contributed by atoms with Crippen molar-refractivity contribution in [2.45, 2.75) is 44.8 Å². The number of hydrogen-bond donors (Lipinski definition) is 2. The molecule has 0 saturated carbocycles. The summed E-state index contributed by atoms with van der Waals surface area (Å²) in [4.78, 5) is 23.8. The molecule has 1 saturated heterocycles. The van der Waals surface area contributed by atoms with E-state index < -0.39 is 11.4 Å². The Morgan fingerprint density at radius 3 is 2.75 bits per heavy atom. The Morgan fingerprint density at radius 1 is 1.23 bits per heavy atom. The number of halogens is 1. The van der Waals surface area contributed by atoms with Crippen LogP contribution in [0.4, 0.5) is 10.2 Å². The molecular weight excluding hydrogens is 563 g/mol. The third-order valence-corrected chi connectivity index (χ3v) is 7.50. The van der Waals surface area contributed by atoms with Crippen LogP contribution in [0.1, 0.15) is 26.7 Å². The van der Waals surface area contributed by atoms with Gasteiger partial charge in [0.2, 0.25) is 0 Å². The summed E-state index contributed by atoms with van der Waals surface area (Å²) in [5.41, 5.74) is 6.66. The molecule has 1 atom stereocenters. The van der Waals surface area contributed by atoms with E-state index in [2.05, 4.69) is 21.4 Å². The number of nitriles is 1. The molecule has 1 amide bonds. The molecule has 0 unspecified atom stereocenters. The molecule has 44 heavy (non-hydrogen) atoms. The van der Waals surface area contributed by atoms with Gasteiger partial charge in [0.15, 0.2) is 5.65 Å². The highest BCUT2D eigenvalue weighted by Crippen LogP contribution is 2.35. The number of methoxy groups -OCH3 is 1. The first-order valence-electron chi connectivity index (χ1n) is 14.4. The summed E-state index contributed by atoms with van der Waals surface area (Å²) < 4.78 is 28.0. The number of aromatic nitrogens is 4. The lowest BCUT2D eigenvalue weighted by molar-refractivity contribution is -0.127. The number of nitrogen functional groups attached to an aromatic ring is 1. The van der Waals surface area contributed by atoms with Crippen LogP contribution in [-0.4, -0.2) is 68.9 Å². The zero-order valence-electron chi connectivity index (χ0n) is 25.0. The van der Waals surface area contributed by atoms with Gasteiger partial charge in [-0.25, -0.2) is 19.0 Å². The summed E-state index contributed by atoms with van der Waals surface area (Å²) in [7, 11) is 1.61. The number of nitrogens with one attached hydrogen (secondary N) is 1. The van der Waals surface area contributed by atoms with Crippen molar-refractivity contribution in [2.75, 3.05) is 32.5 Å². The van der Waals surface area contributed by atoms with Crippen molar-refractivity contribution in [3.05, 3.63) is 72.3 Å². The number of carbonyl (C=O) groups excluding carboxylic acids is 1. The Balaban J connectivity index is 1.42. The molecule has 4 aromatic rings. The molecular formula is C32H35FN8O3. The Morgan fingerprint density at radius 2 is 2.02 bits per heavy atom. The normalized spacial score (nSPS) is 15.5. The first-order valence-corrected chi connectivity index (χ1v) is 14.4.